The lowest BCUT2D eigenvalue weighted by Gasteiger charge is -2.30. The van der Waals surface area contributed by atoms with Crippen LogP contribution >= 0.6 is 0 Å². The van der Waals surface area contributed by atoms with E-state index in [1.807, 2.05) is 67.6 Å². The van der Waals surface area contributed by atoms with Gasteiger partial charge in [-0.3, -0.25) is 9.59 Å². The zero-order chi connectivity index (χ0) is 22.9. The molecule has 0 aliphatic rings. The van der Waals surface area contributed by atoms with Gasteiger partial charge >= 0.3 is 0 Å². The Morgan fingerprint density at radius 3 is 1.91 bits per heavy atom. The van der Waals surface area contributed by atoms with Crippen LogP contribution in [0.25, 0.3) is 0 Å². The first-order valence-corrected chi connectivity index (χ1v) is 10.9. The predicted molar refractivity (Wildman–Crippen MR) is 124 cm³/mol. The molecule has 0 bridgehead atoms. The standard InChI is InChI=1S/C27H29FN2O2/c1-3-29-27(32)20(2)30(19-21-14-16-24(28)17-15-21)26(31)18-25(22-10-6-4-7-11-22)23-12-8-5-9-13-23/h4-17,20,25H,3,18-19H2,1-2H3,(H,29,32)/t20-/m1/s1. The SMILES string of the molecule is CCNC(=O)[C@@H](C)N(Cc1ccc(F)cc1)C(=O)CC(c1ccccc1)c1ccccc1. The fourth-order valence-corrected chi connectivity index (χ4v) is 3.78. The van der Waals surface area contributed by atoms with Gasteiger partial charge in [0.1, 0.15) is 11.9 Å². The second kappa shape index (κ2) is 11.2. The molecule has 3 rings (SSSR count). The topological polar surface area (TPSA) is 49.4 Å². The van der Waals surface area contributed by atoms with Crippen LogP contribution in [0, 0.1) is 5.82 Å². The van der Waals surface area contributed by atoms with Gasteiger partial charge in [-0.15, -0.1) is 0 Å². The highest BCUT2D eigenvalue weighted by Crippen LogP contribution is 2.29. The maximum atomic E-state index is 13.6. The van der Waals surface area contributed by atoms with Gasteiger partial charge in [-0.25, -0.2) is 4.39 Å². The monoisotopic (exact) mass is 432 g/mol. The van der Waals surface area contributed by atoms with Crippen molar-refractivity contribution in [2.75, 3.05) is 6.54 Å². The second-order valence-electron chi connectivity index (χ2n) is 7.80. The molecule has 5 heteroatoms. The molecule has 1 atom stereocenters. The maximum Gasteiger partial charge on any atom is 0.242 e. The summed E-state index contributed by atoms with van der Waals surface area (Å²) in [7, 11) is 0. The summed E-state index contributed by atoms with van der Waals surface area (Å²) >= 11 is 0. The van der Waals surface area contributed by atoms with Gasteiger partial charge in [0.05, 0.1) is 0 Å². The number of nitrogens with zero attached hydrogens (tertiary/aromatic N) is 1. The fourth-order valence-electron chi connectivity index (χ4n) is 3.78. The normalized spacial score (nSPS) is 11.8. The number of rotatable bonds is 9. The van der Waals surface area contributed by atoms with E-state index in [9.17, 15) is 14.0 Å². The van der Waals surface area contributed by atoms with Gasteiger partial charge < -0.3 is 10.2 Å². The van der Waals surface area contributed by atoms with E-state index in [1.165, 1.54) is 12.1 Å². The number of likely N-dealkylation sites (N-methyl/N-ethyl adjacent to an activating group) is 1. The van der Waals surface area contributed by atoms with Crippen LogP contribution < -0.4 is 5.32 Å². The van der Waals surface area contributed by atoms with Crippen molar-refractivity contribution in [3.8, 4) is 0 Å². The first-order valence-electron chi connectivity index (χ1n) is 10.9. The molecule has 166 valence electrons. The van der Waals surface area contributed by atoms with Crippen molar-refractivity contribution in [3.05, 3.63) is 107 Å². The van der Waals surface area contributed by atoms with Crippen LogP contribution in [-0.4, -0.2) is 29.3 Å². The van der Waals surface area contributed by atoms with Crippen molar-refractivity contribution in [2.45, 2.75) is 38.8 Å². The summed E-state index contributed by atoms with van der Waals surface area (Å²) in [4.78, 5) is 27.8. The Morgan fingerprint density at radius 1 is 0.875 bits per heavy atom. The van der Waals surface area contributed by atoms with Crippen molar-refractivity contribution in [1.29, 1.82) is 0 Å². The number of carbonyl (C=O) groups is 2. The molecule has 1 N–H and O–H groups in total. The summed E-state index contributed by atoms with van der Waals surface area (Å²) in [6.45, 7) is 4.29. The van der Waals surface area contributed by atoms with Gasteiger partial charge in [0.2, 0.25) is 11.8 Å². The van der Waals surface area contributed by atoms with Crippen molar-refractivity contribution in [1.82, 2.24) is 10.2 Å². The van der Waals surface area contributed by atoms with Crippen LogP contribution in [0.4, 0.5) is 4.39 Å². The Kier molecular flexibility index (Phi) is 8.14. The number of amides is 2. The number of hydrogen-bond acceptors (Lipinski definition) is 2. The predicted octanol–water partition coefficient (Wildman–Crippen LogP) is 4.90. The molecule has 0 radical (unpaired) electrons. The van der Waals surface area contributed by atoms with Gasteiger partial charge in [0.25, 0.3) is 0 Å². The van der Waals surface area contributed by atoms with E-state index in [0.717, 1.165) is 16.7 Å². The lowest BCUT2D eigenvalue weighted by atomic mass is 9.88. The molecule has 0 spiro atoms. The first kappa shape index (κ1) is 23.2. The maximum absolute atomic E-state index is 13.6. The second-order valence-corrected chi connectivity index (χ2v) is 7.80. The molecular weight excluding hydrogens is 403 g/mol. The number of nitrogens with one attached hydrogen (secondary N) is 1. The van der Waals surface area contributed by atoms with E-state index in [0.29, 0.717) is 6.54 Å². The molecule has 3 aromatic carbocycles. The van der Waals surface area contributed by atoms with Crippen molar-refractivity contribution < 1.29 is 14.0 Å². The minimum atomic E-state index is -0.653. The van der Waals surface area contributed by atoms with Crippen LogP contribution in [0.15, 0.2) is 84.9 Å². The molecule has 3 aromatic rings. The summed E-state index contributed by atoms with van der Waals surface area (Å²) in [5, 5.41) is 2.80. The van der Waals surface area contributed by atoms with E-state index in [-0.39, 0.29) is 36.5 Å². The van der Waals surface area contributed by atoms with Gasteiger partial charge in [0.15, 0.2) is 0 Å². The Hall–Kier alpha value is -3.47. The average Bonchev–Trinajstić information content (AvgIpc) is 2.83. The third-order valence-electron chi connectivity index (χ3n) is 5.57. The number of benzene rings is 3. The van der Waals surface area contributed by atoms with E-state index >= 15 is 0 Å². The number of carbonyl (C=O) groups excluding carboxylic acids is 2. The van der Waals surface area contributed by atoms with Gasteiger partial charge in [-0.2, -0.15) is 0 Å². The van der Waals surface area contributed by atoms with Crippen molar-refractivity contribution in [2.24, 2.45) is 0 Å². The largest absolute Gasteiger partial charge is 0.355 e. The molecule has 0 heterocycles. The third-order valence-corrected chi connectivity index (χ3v) is 5.57. The minimum absolute atomic E-state index is 0.134. The van der Waals surface area contributed by atoms with Gasteiger partial charge in [0, 0.05) is 25.4 Å². The highest BCUT2D eigenvalue weighted by molar-refractivity contribution is 5.87. The third kappa shape index (κ3) is 6.03. The zero-order valence-corrected chi connectivity index (χ0v) is 18.5. The first-order chi connectivity index (χ1) is 15.5. The highest BCUT2D eigenvalue weighted by atomic mass is 19.1. The van der Waals surface area contributed by atoms with Gasteiger partial charge in [-0.1, -0.05) is 72.8 Å². The Morgan fingerprint density at radius 2 is 1.41 bits per heavy atom. The molecule has 0 unspecified atom stereocenters. The van der Waals surface area contributed by atoms with Crippen LogP contribution in [0.1, 0.15) is 42.9 Å². The minimum Gasteiger partial charge on any atom is -0.355 e. The molecule has 0 aliphatic heterocycles. The number of halogens is 1. The smallest absolute Gasteiger partial charge is 0.242 e. The van der Waals surface area contributed by atoms with Crippen LogP contribution in [0.2, 0.25) is 0 Å². The summed E-state index contributed by atoms with van der Waals surface area (Å²) in [6.07, 6.45) is 0.221. The van der Waals surface area contributed by atoms with Crippen LogP contribution in [-0.2, 0) is 16.1 Å². The molecule has 0 fully saturated rings. The lowest BCUT2D eigenvalue weighted by molar-refractivity contribution is -0.140. The summed E-state index contributed by atoms with van der Waals surface area (Å²) in [5.74, 6) is -0.816. The molecule has 0 aromatic heterocycles. The fraction of sp³-hybridized carbons (Fsp3) is 0.259. The van der Waals surface area contributed by atoms with Crippen LogP contribution in [0.3, 0.4) is 0 Å². The van der Waals surface area contributed by atoms with Crippen molar-refractivity contribution >= 4 is 11.8 Å². The molecule has 0 aliphatic carbocycles. The Balaban J connectivity index is 1.90. The molecule has 0 saturated carbocycles. The lowest BCUT2D eigenvalue weighted by Crippen LogP contribution is -2.47. The Labute approximate surface area is 189 Å². The van der Waals surface area contributed by atoms with Crippen LogP contribution in [0.5, 0.6) is 0 Å². The molecule has 2 amide bonds. The number of hydrogen-bond donors (Lipinski definition) is 1. The molecule has 32 heavy (non-hydrogen) atoms. The summed E-state index contributed by atoms with van der Waals surface area (Å²) in [6, 6.07) is 25.2. The molecular formula is C27H29FN2O2. The average molecular weight is 433 g/mol. The van der Waals surface area contributed by atoms with E-state index < -0.39 is 6.04 Å². The Bertz CT molecular complexity index is 967. The van der Waals surface area contributed by atoms with E-state index in [4.69, 9.17) is 0 Å². The van der Waals surface area contributed by atoms with Crippen molar-refractivity contribution in [3.63, 3.8) is 0 Å². The van der Waals surface area contributed by atoms with E-state index in [2.05, 4.69) is 5.32 Å². The highest BCUT2D eigenvalue weighted by Gasteiger charge is 2.28. The van der Waals surface area contributed by atoms with Gasteiger partial charge in [-0.05, 0) is 42.7 Å². The molecule has 0 saturated heterocycles. The molecule has 4 nitrogen and oxygen atoms in total. The van der Waals surface area contributed by atoms with E-state index in [1.54, 1.807) is 24.0 Å². The summed E-state index contributed by atoms with van der Waals surface area (Å²) < 4.78 is 13.4. The zero-order valence-electron chi connectivity index (χ0n) is 18.5. The quantitative estimate of drug-likeness (QED) is 0.523. The summed E-state index contributed by atoms with van der Waals surface area (Å²) in [5.41, 5.74) is 2.85.